The highest BCUT2D eigenvalue weighted by atomic mass is 16.2. The van der Waals surface area contributed by atoms with Crippen LogP contribution in [0.2, 0.25) is 0 Å². The van der Waals surface area contributed by atoms with E-state index < -0.39 is 0 Å². The molecule has 0 bridgehead atoms. The van der Waals surface area contributed by atoms with Crippen molar-refractivity contribution in [1.29, 1.82) is 0 Å². The number of pyridine rings is 1. The van der Waals surface area contributed by atoms with Gasteiger partial charge in [-0.15, -0.1) is 0 Å². The number of nitrogens with zero attached hydrogens (tertiary/aromatic N) is 2. The Labute approximate surface area is 160 Å². The predicted octanol–water partition coefficient (Wildman–Crippen LogP) is 2.36. The van der Waals surface area contributed by atoms with Gasteiger partial charge in [-0.05, 0) is 50.0 Å². The smallest absolute Gasteiger partial charge is 0.234 e. The summed E-state index contributed by atoms with van der Waals surface area (Å²) in [5.74, 6) is 0.593. The molecule has 27 heavy (non-hydrogen) atoms. The van der Waals surface area contributed by atoms with Crippen molar-refractivity contribution in [2.75, 3.05) is 25.0 Å². The monoisotopic (exact) mass is 366 g/mol. The predicted molar refractivity (Wildman–Crippen MR) is 105 cm³/mol. The molecule has 1 saturated heterocycles. The maximum absolute atomic E-state index is 12.4. The zero-order valence-electron chi connectivity index (χ0n) is 15.6. The van der Waals surface area contributed by atoms with Gasteiger partial charge in [-0.2, -0.15) is 0 Å². The van der Waals surface area contributed by atoms with Crippen molar-refractivity contribution in [1.82, 2.24) is 15.2 Å². The number of aromatic nitrogens is 1. The first kappa shape index (κ1) is 19.0. The molecule has 1 aromatic carbocycles. The topological polar surface area (TPSA) is 74.3 Å². The van der Waals surface area contributed by atoms with E-state index >= 15 is 0 Å². The van der Waals surface area contributed by atoms with Gasteiger partial charge in [-0.25, -0.2) is 4.98 Å². The summed E-state index contributed by atoms with van der Waals surface area (Å²) in [6, 6.07) is 13.6. The zero-order chi connectivity index (χ0) is 19.1. The van der Waals surface area contributed by atoms with Gasteiger partial charge in [0.15, 0.2) is 0 Å². The van der Waals surface area contributed by atoms with Crippen LogP contribution in [0.15, 0.2) is 48.7 Å². The SMILES string of the molecule is Cc1ccc(NC(=O)C2CCN(CC(=O)NCc3ccccc3)CC2)nc1. The standard InChI is InChI=1S/C21H26N4O2/c1-16-7-8-19(22-13-16)24-21(27)18-9-11-25(12-10-18)15-20(26)23-14-17-5-3-2-4-6-17/h2-8,13,18H,9-12,14-15H2,1H3,(H,23,26)(H,22,24,27). The van der Waals surface area contributed by atoms with Crippen LogP contribution < -0.4 is 10.6 Å². The van der Waals surface area contributed by atoms with Crippen LogP contribution in [0, 0.1) is 12.8 Å². The van der Waals surface area contributed by atoms with Crippen molar-refractivity contribution in [3.05, 3.63) is 59.8 Å². The van der Waals surface area contributed by atoms with Gasteiger partial charge >= 0.3 is 0 Å². The number of hydrogen-bond acceptors (Lipinski definition) is 4. The molecule has 0 atom stereocenters. The van der Waals surface area contributed by atoms with E-state index in [0.717, 1.165) is 37.1 Å². The molecule has 6 nitrogen and oxygen atoms in total. The van der Waals surface area contributed by atoms with E-state index in [1.165, 1.54) is 0 Å². The molecule has 0 saturated carbocycles. The second kappa shape index (κ2) is 9.28. The third-order valence-corrected chi connectivity index (χ3v) is 4.82. The van der Waals surface area contributed by atoms with Gasteiger partial charge in [0, 0.05) is 18.7 Å². The van der Waals surface area contributed by atoms with Crippen LogP contribution in [-0.4, -0.2) is 41.3 Å². The lowest BCUT2D eigenvalue weighted by Crippen LogP contribution is -2.43. The fraction of sp³-hybridized carbons (Fsp3) is 0.381. The number of hydrogen-bond donors (Lipinski definition) is 2. The summed E-state index contributed by atoms with van der Waals surface area (Å²) in [4.78, 5) is 30.8. The van der Waals surface area contributed by atoms with Crippen molar-refractivity contribution in [2.24, 2.45) is 5.92 Å². The van der Waals surface area contributed by atoms with Crippen LogP contribution in [-0.2, 0) is 16.1 Å². The van der Waals surface area contributed by atoms with Gasteiger partial charge in [0.25, 0.3) is 0 Å². The molecule has 3 rings (SSSR count). The molecule has 2 N–H and O–H groups in total. The Hall–Kier alpha value is -2.73. The molecule has 2 heterocycles. The Kier molecular flexibility index (Phi) is 6.54. The Morgan fingerprint density at radius 2 is 1.85 bits per heavy atom. The van der Waals surface area contributed by atoms with Crippen LogP contribution in [0.3, 0.4) is 0 Å². The summed E-state index contributed by atoms with van der Waals surface area (Å²) in [7, 11) is 0. The van der Waals surface area contributed by atoms with Crippen molar-refractivity contribution in [2.45, 2.75) is 26.3 Å². The molecule has 2 amide bonds. The molecule has 1 aliphatic heterocycles. The third kappa shape index (κ3) is 5.89. The minimum atomic E-state index is -0.0308. The highest BCUT2D eigenvalue weighted by Crippen LogP contribution is 2.19. The second-order valence-corrected chi connectivity index (χ2v) is 7.02. The summed E-state index contributed by atoms with van der Waals surface area (Å²) < 4.78 is 0. The zero-order valence-corrected chi connectivity index (χ0v) is 15.6. The number of amides is 2. The van der Waals surface area contributed by atoms with E-state index in [2.05, 4.69) is 20.5 Å². The Balaban J connectivity index is 1.38. The number of benzene rings is 1. The van der Waals surface area contributed by atoms with Crippen LogP contribution in [0.25, 0.3) is 0 Å². The van der Waals surface area contributed by atoms with Crippen molar-refractivity contribution >= 4 is 17.6 Å². The van der Waals surface area contributed by atoms with E-state index in [9.17, 15) is 9.59 Å². The molecule has 1 aliphatic rings. The first-order valence-corrected chi connectivity index (χ1v) is 9.36. The van der Waals surface area contributed by atoms with Gasteiger partial charge in [-0.3, -0.25) is 14.5 Å². The number of aryl methyl sites for hydroxylation is 1. The number of nitrogens with one attached hydrogen (secondary N) is 2. The quantitative estimate of drug-likeness (QED) is 0.823. The van der Waals surface area contributed by atoms with Crippen molar-refractivity contribution in [3.8, 4) is 0 Å². The van der Waals surface area contributed by atoms with E-state index in [-0.39, 0.29) is 17.7 Å². The highest BCUT2D eigenvalue weighted by Gasteiger charge is 2.26. The summed E-state index contributed by atoms with van der Waals surface area (Å²) in [6.45, 7) is 4.38. The molecule has 6 heteroatoms. The number of rotatable bonds is 6. The molecule has 0 spiro atoms. The molecular formula is C21H26N4O2. The van der Waals surface area contributed by atoms with Gasteiger partial charge in [0.05, 0.1) is 6.54 Å². The minimum Gasteiger partial charge on any atom is -0.351 e. The lowest BCUT2D eigenvalue weighted by molar-refractivity contribution is -0.123. The van der Waals surface area contributed by atoms with E-state index in [4.69, 9.17) is 0 Å². The molecule has 0 unspecified atom stereocenters. The molecule has 142 valence electrons. The third-order valence-electron chi connectivity index (χ3n) is 4.82. The van der Waals surface area contributed by atoms with E-state index in [1.807, 2.05) is 49.4 Å². The Bertz CT molecular complexity index is 754. The lowest BCUT2D eigenvalue weighted by atomic mass is 9.96. The number of carbonyl (C=O) groups excluding carboxylic acids is 2. The average Bonchev–Trinajstić information content (AvgIpc) is 2.69. The summed E-state index contributed by atoms with van der Waals surface area (Å²) >= 11 is 0. The summed E-state index contributed by atoms with van der Waals surface area (Å²) in [5.41, 5.74) is 2.15. The highest BCUT2D eigenvalue weighted by molar-refractivity contribution is 5.91. The second-order valence-electron chi connectivity index (χ2n) is 7.02. The average molecular weight is 366 g/mol. The normalized spacial score (nSPS) is 15.3. The number of piperidine rings is 1. The molecular weight excluding hydrogens is 340 g/mol. The maximum atomic E-state index is 12.4. The first-order valence-electron chi connectivity index (χ1n) is 9.36. The van der Waals surface area contributed by atoms with Gasteiger partial charge in [0.1, 0.15) is 5.82 Å². The maximum Gasteiger partial charge on any atom is 0.234 e. The van der Waals surface area contributed by atoms with Crippen LogP contribution >= 0.6 is 0 Å². The van der Waals surface area contributed by atoms with Crippen LogP contribution in [0.5, 0.6) is 0 Å². The van der Waals surface area contributed by atoms with Gasteiger partial charge < -0.3 is 10.6 Å². The molecule has 1 aromatic heterocycles. The Morgan fingerprint density at radius 1 is 1.11 bits per heavy atom. The number of carbonyl (C=O) groups is 2. The molecule has 0 radical (unpaired) electrons. The minimum absolute atomic E-state index is 0.0135. The number of likely N-dealkylation sites (tertiary alicyclic amines) is 1. The molecule has 0 aliphatic carbocycles. The fourth-order valence-corrected chi connectivity index (χ4v) is 3.18. The Morgan fingerprint density at radius 3 is 2.52 bits per heavy atom. The summed E-state index contributed by atoms with van der Waals surface area (Å²) in [5, 5.41) is 5.83. The number of anilines is 1. The lowest BCUT2D eigenvalue weighted by Gasteiger charge is -2.30. The van der Waals surface area contributed by atoms with Crippen LogP contribution in [0.1, 0.15) is 24.0 Å². The fourth-order valence-electron chi connectivity index (χ4n) is 3.18. The van der Waals surface area contributed by atoms with E-state index in [0.29, 0.717) is 18.9 Å². The molecule has 1 fully saturated rings. The van der Waals surface area contributed by atoms with Gasteiger partial charge in [0.2, 0.25) is 11.8 Å². The van der Waals surface area contributed by atoms with E-state index in [1.54, 1.807) is 6.20 Å². The van der Waals surface area contributed by atoms with Crippen molar-refractivity contribution < 1.29 is 9.59 Å². The van der Waals surface area contributed by atoms with Crippen LogP contribution in [0.4, 0.5) is 5.82 Å². The molecule has 2 aromatic rings. The van der Waals surface area contributed by atoms with Crippen molar-refractivity contribution in [3.63, 3.8) is 0 Å². The summed E-state index contributed by atoms with van der Waals surface area (Å²) in [6.07, 6.45) is 3.25. The largest absolute Gasteiger partial charge is 0.351 e. The first-order chi connectivity index (χ1) is 13.1. The van der Waals surface area contributed by atoms with Gasteiger partial charge in [-0.1, -0.05) is 36.4 Å².